The number of pyridine rings is 1. The SMILES string of the molecule is CCc1ccc(-c2cc(C(F)F)c3c(=O)[nH]c(=S)n(C(C)CC)c3n2)cc1. The van der Waals surface area contributed by atoms with Crippen molar-refractivity contribution in [3.05, 3.63) is 56.6 Å². The summed E-state index contributed by atoms with van der Waals surface area (Å²) in [7, 11) is 0. The number of aromatic nitrogens is 3. The van der Waals surface area contributed by atoms with Crippen LogP contribution in [0.25, 0.3) is 22.3 Å². The van der Waals surface area contributed by atoms with Gasteiger partial charge in [-0.1, -0.05) is 38.1 Å². The molecule has 0 aliphatic heterocycles. The van der Waals surface area contributed by atoms with Gasteiger partial charge >= 0.3 is 0 Å². The number of aromatic amines is 1. The second kappa shape index (κ2) is 7.68. The third kappa shape index (κ3) is 3.56. The quantitative estimate of drug-likeness (QED) is 0.579. The Bertz CT molecular complexity index is 1090. The molecule has 1 unspecified atom stereocenters. The Hall–Kier alpha value is -2.41. The molecular weight excluding hydrogens is 368 g/mol. The standard InChI is InChI=1S/C20H21F2N3OS/c1-4-11(3)25-18-16(19(26)24-20(25)27)14(17(21)22)10-15(23-18)13-8-6-12(5-2)7-9-13/h6-11,17H,4-5H2,1-3H3,(H,24,26,27). The van der Waals surface area contributed by atoms with Crippen molar-refractivity contribution in [2.45, 2.75) is 46.1 Å². The number of halogens is 2. The lowest BCUT2D eigenvalue weighted by molar-refractivity contribution is 0.153. The maximum absolute atomic E-state index is 13.8. The predicted molar refractivity (Wildman–Crippen MR) is 106 cm³/mol. The molecule has 1 atom stereocenters. The van der Waals surface area contributed by atoms with Gasteiger partial charge in [-0.15, -0.1) is 0 Å². The average Bonchev–Trinajstić information content (AvgIpc) is 2.66. The van der Waals surface area contributed by atoms with Crippen LogP contribution in [0.1, 0.15) is 50.8 Å². The minimum Gasteiger partial charge on any atom is -0.300 e. The number of hydrogen-bond donors (Lipinski definition) is 1. The number of nitrogens with zero attached hydrogens (tertiary/aromatic N) is 2. The van der Waals surface area contributed by atoms with E-state index in [1.54, 1.807) is 4.57 Å². The van der Waals surface area contributed by atoms with E-state index >= 15 is 0 Å². The second-order valence-electron chi connectivity index (χ2n) is 6.53. The van der Waals surface area contributed by atoms with Crippen LogP contribution in [-0.4, -0.2) is 14.5 Å². The van der Waals surface area contributed by atoms with Gasteiger partial charge < -0.3 is 0 Å². The van der Waals surface area contributed by atoms with Gasteiger partial charge in [0.2, 0.25) is 0 Å². The highest BCUT2D eigenvalue weighted by Gasteiger charge is 2.21. The fourth-order valence-electron chi connectivity index (χ4n) is 3.10. The molecule has 1 N–H and O–H groups in total. The number of alkyl halides is 2. The second-order valence-corrected chi connectivity index (χ2v) is 6.92. The summed E-state index contributed by atoms with van der Waals surface area (Å²) in [4.78, 5) is 19.5. The number of rotatable bonds is 5. The van der Waals surface area contributed by atoms with Crippen molar-refractivity contribution in [1.82, 2.24) is 14.5 Å². The summed E-state index contributed by atoms with van der Waals surface area (Å²) in [5.74, 6) is 0. The highest BCUT2D eigenvalue weighted by molar-refractivity contribution is 7.71. The Morgan fingerprint density at radius 1 is 1.22 bits per heavy atom. The molecule has 0 radical (unpaired) electrons. The summed E-state index contributed by atoms with van der Waals surface area (Å²) in [6.07, 6.45) is -1.20. The molecule has 0 aliphatic rings. The van der Waals surface area contributed by atoms with Crippen LogP contribution in [0.15, 0.2) is 35.1 Å². The van der Waals surface area contributed by atoms with Crippen molar-refractivity contribution in [3.8, 4) is 11.3 Å². The van der Waals surface area contributed by atoms with E-state index in [2.05, 4.69) is 9.97 Å². The molecular formula is C20H21F2N3OS. The summed E-state index contributed by atoms with van der Waals surface area (Å²) in [5.41, 5.74) is 1.50. The molecule has 0 saturated carbocycles. The summed E-state index contributed by atoms with van der Waals surface area (Å²) in [6.45, 7) is 5.93. The minimum atomic E-state index is -2.80. The molecule has 3 rings (SSSR count). The van der Waals surface area contributed by atoms with Crippen LogP contribution in [0, 0.1) is 4.77 Å². The Balaban J connectivity index is 2.40. The van der Waals surface area contributed by atoms with Crippen LogP contribution in [0.5, 0.6) is 0 Å². The maximum atomic E-state index is 13.8. The normalized spacial score (nSPS) is 12.7. The Labute approximate surface area is 160 Å². The first-order valence-corrected chi connectivity index (χ1v) is 9.35. The zero-order valence-electron chi connectivity index (χ0n) is 15.4. The Kier molecular flexibility index (Phi) is 5.51. The lowest BCUT2D eigenvalue weighted by Gasteiger charge is -2.18. The van der Waals surface area contributed by atoms with Gasteiger partial charge in [0.25, 0.3) is 12.0 Å². The first-order valence-electron chi connectivity index (χ1n) is 8.94. The molecule has 142 valence electrons. The van der Waals surface area contributed by atoms with Gasteiger partial charge in [-0.2, -0.15) is 0 Å². The maximum Gasteiger partial charge on any atom is 0.264 e. The molecule has 2 aromatic heterocycles. The van der Waals surface area contributed by atoms with E-state index < -0.39 is 12.0 Å². The Morgan fingerprint density at radius 3 is 2.44 bits per heavy atom. The van der Waals surface area contributed by atoms with Crippen LogP contribution in [0.4, 0.5) is 8.78 Å². The first-order chi connectivity index (χ1) is 12.9. The number of H-pyrrole nitrogens is 1. The summed E-state index contributed by atoms with van der Waals surface area (Å²) in [6, 6.07) is 8.82. The van der Waals surface area contributed by atoms with E-state index in [0.29, 0.717) is 5.69 Å². The fourth-order valence-corrected chi connectivity index (χ4v) is 3.46. The van der Waals surface area contributed by atoms with Crippen molar-refractivity contribution in [2.75, 3.05) is 0 Å². The highest BCUT2D eigenvalue weighted by Crippen LogP contribution is 2.31. The van der Waals surface area contributed by atoms with Gasteiger partial charge in [0, 0.05) is 17.2 Å². The minimum absolute atomic E-state index is 0.0902. The molecule has 0 aliphatic carbocycles. The number of fused-ring (bicyclic) bond motifs is 1. The zero-order valence-corrected chi connectivity index (χ0v) is 16.2. The number of aryl methyl sites for hydroxylation is 1. The van der Waals surface area contributed by atoms with Crippen molar-refractivity contribution in [1.29, 1.82) is 0 Å². The molecule has 0 saturated heterocycles. The van der Waals surface area contributed by atoms with Gasteiger partial charge in [0.15, 0.2) is 4.77 Å². The van der Waals surface area contributed by atoms with Gasteiger partial charge in [-0.3, -0.25) is 14.3 Å². The lowest BCUT2D eigenvalue weighted by Crippen LogP contribution is -2.19. The molecule has 3 aromatic rings. The van der Waals surface area contributed by atoms with Gasteiger partial charge in [0.05, 0.1) is 11.1 Å². The largest absolute Gasteiger partial charge is 0.300 e. The molecule has 2 heterocycles. The topological polar surface area (TPSA) is 50.7 Å². The zero-order chi connectivity index (χ0) is 19.7. The van der Waals surface area contributed by atoms with Gasteiger partial charge in [-0.05, 0) is 43.6 Å². The van der Waals surface area contributed by atoms with Crippen molar-refractivity contribution in [2.24, 2.45) is 0 Å². The molecule has 0 fully saturated rings. The molecule has 1 aromatic carbocycles. The number of hydrogen-bond acceptors (Lipinski definition) is 3. The molecule has 0 spiro atoms. The smallest absolute Gasteiger partial charge is 0.264 e. The van der Waals surface area contributed by atoms with Crippen molar-refractivity contribution < 1.29 is 8.78 Å². The summed E-state index contributed by atoms with van der Waals surface area (Å²) < 4.78 is 29.4. The monoisotopic (exact) mass is 389 g/mol. The van der Waals surface area contributed by atoms with Crippen LogP contribution >= 0.6 is 12.2 Å². The molecule has 0 amide bonds. The number of nitrogens with one attached hydrogen (secondary N) is 1. The van der Waals surface area contributed by atoms with Crippen LogP contribution in [0.2, 0.25) is 0 Å². The summed E-state index contributed by atoms with van der Waals surface area (Å²) in [5, 5.41) is -0.104. The average molecular weight is 389 g/mol. The van der Waals surface area contributed by atoms with Crippen molar-refractivity contribution >= 4 is 23.3 Å². The third-order valence-electron chi connectivity index (χ3n) is 4.85. The molecule has 0 bridgehead atoms. The van der Waals surface area contributed by atoms with E-state index in [1.165, 1.54) is 6.07 Å². The predicted octanol–water partition coefficient (Wildman–Crippen LogP) is 5.59. The van der Waals surface area contributed by atoms with Crippen molar-refractivity contribution in [3.63, 3.8) is 0 Å². The van der Waals surface area contributed by atoms with E-state index in [-0.39, 0.29) is 27.4 Å². The summed E-state index contributed by atoms with van der Waals surface area (Å²) >= 11 is 5.29. The van der Waals surface area contributed by atoms with Gasteiger partial charge in [0.1, 0.15) is 5.65 Å². The lowest BCUT2D eigenvalue weighted by atomic mass is 10.0. The molecule has 7 heteroatoms. The fraction of sp³-hybridized carbons (Fsp3) is 0.350. The van der Waals surface area contributed by atoms with Crippen LogP contribution < -0.4 is 5.56 Å². The number of benzene rings is 1. The van der Waals surface area contributed by atoms with Crippen LogP contribution in [-0.2, 0) is 6.42 Å². The highest BCUT2D eigenvalue weighted by atomic mass is 32.1. The Morgan fingerprint density at radius 2 is 1.89 bits per heavy atom. The van der Waals surface area contributed by atoms with Gasteiger partial charge in [-0.25, -0.2) is 13.8 Å². The van der Waals surface area contributed by atoms with E-state index in [4.69, 9.17) is 12.2 Å². The van der Waals surface area contributed by atoms with Crippen LogP contribution in [0.3, 0.4) is 0 Å². The van der Waals surface area contributed by atoms with E-state index in [9.17, 15) is 13.6 Å². The van der Waals surface area contributed by atoms with E-state index in [0.717, 1.165) is 24.0 Å². The van der Waals surface area contributed by atoms with E-state index in [1.807, 2.05) is 45.0 Å². The molecule has 4 nitrogen and oxygen atoms in total. The first kappa shape index (κ1) is 19.4. The molecule has 27 heavy (non-hydrogen) atoms. The third-order valence-corrected chi connectivity index (χ3v) is 5.15.